The van der Waals surface area contributed by atoms with Crippen LogP contribution < -0.4 is 24.8 Å². The maximum atomic E-state index is 2.33. The number of hydrogen-bond acceptors (Lipinski definition) is 0. The van der Waals surface area contributed by atoms with E-state index in [1.54, 1.807) is 6.56 Å². The molecule has 0 nitrogen and oxygen atoms in total. The van der Waals surface area contributed by atoms with Crippen molar-refractivity contribution in [2.24, 2.45) is 0 Å². The summed E-state index contributed by atoms with van der Waals surface area (Å²) in [6, 6.07) is 21.8. The fourth-order valence-corrected chi connectivity index (χ4v) is 8.60. The molecule has 3 heteroatoms. The van der Waals surface area contributed by atoms with Gasteiger partial charge in [0.25, 0.3) is 0 Å². The number of hydrogen-bond donors (Lipinski definition) is 0. The normalized spacial score (nSPS) is 14.5. The summed E-state index contributed by atoms with van der Waals surface area (Å²) >= 11 is -1.04. The van der Waals surface area contributed by atoms with Gasteiger partial charge in [0.1, 0.15) is 0 Å². The molecule has 2 aromatic rings. The van der Waals surface area contributed by atoms with Gasteiger partial charge < -0.3 is 24.8 Å². The molecule has 0 aliphatic heterocycles. The molecule has 4 rings (SSSR count). The van der Waals surface area contributed by atoms with Crippen LogP contribution in [0.1, 0.15) is 38.8 Å². The van der Waals surface area contributed by atoms with Crippen LogP contribution in [0.2, 0.25) is 0 Å². The van der Waals surface area contributed by atoms with Gasteiger partial charge in [0.15, 0.2) is 0 Å². The van der Waals surface area contributed by atoms with Gasteiger partial charge in [-0.1, -0.05) is 0 Å². The van der Waals surface area contributed by atoms with Crippen molar-refractivity contribution >= 4 is 11.1 Å². The average molecular weight is 525 g/mol. The zero-order chi connectivity index (χ0) is 20.4. The molecule has 0 aromatic heterocycles. The number of halogens is 2. The summed E-state index contributed by atoms with van der Waals surface area (Å²) in [5.74, 6) is 0. The summed E-state index contributed by atoms with van der Waals surface area (Å²) in [5.41, 5.74) is 11.3. The first kappa shape index (κ1) is 25.6. The third kappa shape index (κ3) is 5.40. The predicted molar refractivity (Wildman–Crippen MR) is 122 cm³/mol. The van der Waals surface area contributed by atoms with Crippen molar-refractivity contribution in [2.45, 2.75) is 27.7 Å². The molecule has 0 saturated carbocycles. The van der Waals surface area contributed by atoms with E-state index in [-0.39, 0.29) is 24.8 Å². The standard InChI is InChI=1S/2C14H13.2ClH.Zr/c2*1-11(2)13-8-9-14(10-13)12-6-4-3-5-7-12;;;/h2*3-9H,1-2H3;2*1H;/q;;;;+2/p-2. The van der Waals surface area contributed by atoms with Crippen molar-refractivity contribution in [3.05, 3.63) is 125 Å². The second-order valence-corrected chi connectivity index (χ2v) is 11.0. The second kappa shape index (κ2) is 11.3. The minimum Gasteiger partial charge on any atom is -1.00 e. The molecule has 0 atom stereocenters. The zero-order valence-corrected chi connectivity index (χ0v) is 22.3. The third-order valence-corrected chi connectivity index (χ3v) is 9.28. The van der Waals surface area contributed by atoms with E-state index in [4.69, 9.17) is 0 Å². The molecule has 0 fully saturated rings. The molecule has 156 valence electrons. The van der Waals surface area contributed by atoms with Crippen LogP contribution in [0.4, 0.5) is 0 Å². The van der Waals surface area contributed by atoms with Gasteiger partial charge in [-0.15, -0.1) is 0 Å². The molecule has 0 unspecified atom stereocenters. The average Bonchev–Trinajstić information content (AvgIpc) is 3.34. The monoisotopic (exact) mass is 522 g/mol. The van der Waals surface area contributed by atoms with Crippen LogP contribution in [-0.2, 0) is 23.2 Å². The van der Waals surface area contributed by atoms with E-state index >= 15 is 0 Å². The summed E-state index contributed by atoms with van der Waals surface area (Å²) in [7, 11) is 0. The topological polar surface area (TPSA) is 0 Å². The Labute approximate surface area is 210 Å². The second-order valence-electron chi connectivity index (χ2n) is 7.93. The molecular formula is C28H26Cl2Zr. The predicted octanol–water partition coefficient (Wildman–Crippen LogP) is 1.71. The van der Waals surface area contributed by atoms with Gasteiger partial charge in [0.2, 0.25) is 0 Å². The van der Waals surface area contributed by atoms with Crippen LogP contribution in [0.25, 0.3) is 11.1 Å². The Morgan fingerprint density at radius 2 is 0.871 bits per heavy atom. The van der Waals surface area contributed by atoms with E-state index in [1.807, 2.05) is 0 Å². The fraction of sp³-hybridized carbons (Fsp3) is 0.143. The van der Waals surface area contributed by atoms with E-state index in [2.05, 4.69) is 113 Å². The first-order valence-electron chi connectivity index (χ1n) is 10.1. The van der Waals surface area contributed by atoms with E-state index in [0.717, 1.165) is 0 Å². The van der Waals surface area contributed by atoms with Crippen LogP contribution in [0.5, 0.6) is 0 Å². The van der Waals surface area contributed by atoms with Gasteiger partial charge in [-0.05, 0) is 0 Å². The van der Waals surface area contributed by atoms with Gasteiger partial charge in [-0.3, -0.25) is 0 Å². The van der Waals surface area contributed by atoms with Crippen molar-refractivity contribution in [2.75, 3.05) is 0 Å². The van der Waals surface area contributed by atoms with Crippen LogP contribution in [0, 0.1) is 0 Å². The van der Waals surface area contributed by atoms with E-state index in [0.29, 0.717) is 0 Å². The van der Waals surface area contributed by atoms with Gasteiger partial charge >= 0.3 is 187 Å². The van der Waals surface area contributed by atoms with Gasteiger partial charge in [-0.25, -0.2) is 0 Å². The van der Waals surface area contributed by atoms with Crippen molar-refractivity contribution < 1.29 is 48.0 Å². The quantitative estimate of drug-likeness (QED) is 0.572. The smallest absolute Gasteiger partial charge is 1.00 e. The molecule has 0 N–H and O–H groups in total. The first-order valence-corrected chi connectivity index (χ1v) is 12.6. The summed E-state index contributed by atoms with van der Waals surface area (Å²) < 4.78 is 3.20. The van der Waals surface area contributed by atoms with E-state index < -0.39 is 23.2 Å². The Bertz CT molecular complexity index is 1030. The van der Waals surface area contributed by atoms with Crippen molar-refractivity contribution in [3.8, 4) is 0 Å². The number of rotatable bonds is 4. The van der Waals surface area contributed by atoms with Gasteiger partial charge in [0, 0.05) is 0 Å². The number of allylic oxidation sites excluding steroid dienone is 12. The molecule has 2 aromatic carbocycles. The Balaban J connectivity index is 0.00000171. The first-order chi connectivity index (χ1) is 14.1. The molecule has 0 bridgehead atoms. The van der Waals surface area contributed by atoms with Crippen LogP contribution in [0.3, 0.4) is 0 Å². The Kier molecular flexibility index (Phi) is 9.32. The fourth-order valence-electron chi connectivity index (χ4n) is 3.90. The van der Waals surface area contributed by atoms with Crippen molar-refractivity contribution in [1.29, 1.82) is 0 Å². The molecule has 31 heavy (non-hydrogen) atoms. The molecule has 2 aliphatic carbocycles. The van der Waals surface area contributed by atoms with Crippen LogP contribution >= 0.6 is 0 Å². The minimum atomic E-state index is -1.04. The molecule has 0 saturated heterocycles. The molecule has 0 spiro atoms. The summed E-state index contributed by atoms with van der Waals surface area (Å²) in [4.78, 5) is 0. The molecule has 2 aliphatic rings. The maximum absolute atomic E-state index is 2.33. The van der Waals surface area contributed by atoms with Gasteiger partial charge in [0.05, 0.1) is 0 Å². The maximum Gasteiger partial charge on any atom is -1.00 e. The summed E-state index contributed by atoms with van der Waals surface area (Å²) in [5, 5.41) is 0. The van der Waals surface area contributed by atoms with Crippen molar-refractivity contribution in [1.82, 2.24) is 0 Å². The minimum absolute atomic E-state index is 0. The molecular weight excluding hydrogens is 498 g/mol. The van der Waals surface area contributed by atoms with E-state index in [1.165, 1.54) is 44.6 Å². The summed E-state index contributed by atoms with van der Waals surface area (Å²) in [6.45, 7) is 8.98. The van der Waals surface area contributed by atoms with Crippen LogP contribution in [0.15, 0.2) is 114 Å². The Hall–Kier alpha value is -1.66. The summed E-state index contributed by atoms with van der Waals surface area (Å²) in [6.07, 6.45) is 9.34. The third-order valence-electron chi connectivity index (χ3n) is 5.41. The van der Waals surface area contributed by atoms with Crippen LogP contribution in [-0.4, -0.2) is 0 Å². The number of benzene rings is 2. The van der Waals surface area contributed by atoms with Gasteiger partial charge in [-0.2, -0.15) is 0 Å². The van der Waals surface area contributed by atoms with E-state index in [9.17, 15) is 0 Å². The molecule has 0 amide bonds. The molecule has 0 radical (unpaired) electrons. The Morgan fingerprint density at radius 1 is 0.516 bits per heavy atom. The largest absolute Gasteiger partial charge is 1.00 e. The SMILES string of the molecule is CC(C)=C1C=CC(c2ccccc2)=[C]1[Zr+2][C]1=C(c2ccccc2)C=CC1=C(C)C.[Cl-].[Cl-]. The Morgan fingerprint density at radius 3 is 1.19 bits per heavy atom. The zero-order valence-electron chi connectivity index (χ0n) is 18.3. The molecule has 0 heterocycles. The van der Waals surface area contributed by atoms with Crippen molar-refractivity contribution in [3.63, 3.8) is 0 Å².